The molecule has 0 amide bonds. The van der Waals surface area contributed by atoms with Gasteiger partial charge in [0.2, 0.25) is 0 Å². The molecule has 2 aromatic rings. The van der Waals surface area contributed by atoms with E-state index in [1.807, 2.05) is 24.7 Å². The van der Waals surface area contributed by atoms with Crippen LogP contribution < -0.4 is 0 Å². The lowest BCUT2D eigenvalue weighted by atomic mass is 10.0. The van der Waals surface area contributed by atoms with Crippen LogP contribution in [0.25, 0.3) is 0 Å². The monoisotopic (exact) mass is 331 g/mol. The van der Waals surface area contributed by atoms with E-state index in [-0.39, 0.29) is 11.9 Å². The molecular formula is C19H26FN3O. The first-order chi connectivity index (χ1) is 11.8. The molecule has 5 heteroatoms. The highest BCUT2D eigenvalue weighted by atomic mass is 19.1. The molecule has 2 heterocycles. The number of hydrogen-bond donors (Lipinski definition) is 0. The van der Waals surface area contributed by atoms with Crippen LogP contribution in [-0.2, 0) is 17.8 Å². The van der Waals surface area contributed by atoms with Crippen LogP contribution in [0.15, 0.2) is 36.8 Å². The Morgan fingerprint density at radius 3 is 3.04 bits per heavy atom. The summed E-state index contributed by atoms with van der Waals surface area (Å²) in [5.41, 5.74) is 2.27. The fraction of sp³-hybridized carbons (Fsp3) is 0.526. The van der Waals surface area contributed by atoms with Crippen molar-refractivity contribution in [3.05, 3.63) is 53.9 Å². The number of nitrogens with zero attached hydrogens (tertiary/aromatic N) is 3. The maximum atomic E-state index is 13.7. The number of likely N-dealkylation sites (tertiary alicyclic amines) is 1. The fourth-order valence-corrected chi connectivity index (χ4v) is 3.53. The number of rotatable bonds is 6. The minimum absolute atomic E-state index is 0.151. The second-order valence-corrected chi connectivity index (χ2v) is 6.46. The molecule has 1 aromatic carbocycles. The molecule has 130 valence electrons. The minimum Gasteiger partial charge on any atom is -0.383 e. The first kappa shape index (κ1) is 17.1. The third-order valence-corrected chi connectivity index (χ3v) is 4.80. The second-order valence-electron chi connectivity index (χ2n) is 6.46. The van der Waals surface area contributed by atoms with Gasteiger partial charge in [-0.15, -0.1) is 0 Å². The molecule has 1 aromatic heterocycles. The average Bonchev–Trinajstić information content (AvgIpc) is 2.88. The van der Waals surface area contributed by atoms with E-state index >= 15 is 0 Å². The summed E-state index contributed by atoms with van der Waals surface area (Å²) in [6.45, 7) is 3.36. The molecular weight excluding hydrogens is 305 g/mol. The third kappa shape index (κ3) is 4.22. The predicted molar refractivity (Wildman–Crippen MR) is 92.1 cm³/mol. The first-order valence-corrected chi connectivity index (χ1v) is 8.75. The molecule has 24 heavy (non-hydrogen) atoms. The van der Waals surface area contributed by atoms with Gasteiger partial charge in [0.1, 0.15) is 5.82 Å². The molecule has 0 spiro atoms. The molecule has 3 rings (SSSR count). The van der Waals surface area contributed by atoms with E-state index in [0.717, 1.165) is 31.6 Å². The summed E-state index contributed by atoms with van der Waals surface area (Å²) in [6, 6.07) is 7.34. The van der Waals surface area contributed by atoms with Crippen LogP contribution in [0.5, 0.6) is 0 Å². The highest BCUT2D eigenvalue weighted by Gasteiger charge is 2.24. The van der Waals surface area contributed by atoms with E-state index in [0.29, 0.717) is 6.61 Å². The average molecular weight is 331 g/mol. The molecule has 4 nitrogen and oxygen atoms in total. The summed E-state index contributed by atoms with van der Waals surface area (Å²) >= 11 is 0. The van der Waals surface area contributed by atoms with Gasteiger partial charge in [0.05, 0.1) is 18.6 Å². The van der Waals surface area contributed by atoms with Gasteiger partial charge in [-0.05, 0) is 37.1 Å². The van der Waals surface area contributed by atoms with Gasteiger partial charge in [-0.25, -0.2) is 9.37 Å². The molecule has 1 atom stereocenters. The third-order valence-electron chi connectivity index (χ3n) is 4.80. The Kier molecular flexibility index (Phi) is 5.99. The smallest absolute Gasteiger partial charge is 0.123 e. The van der Waals surface area contributed by atoms with Crippen LogP contribution in [-0.4, -0.2) is 34.7 Å². The molecule has 0 N–H and O–H groups in total. The number of benzene rings is 1. The topological polar surface area (TPSA) is 30.3 Å². The van der Waals surface area contributed by atoms with E-state index in [1.165, 1.54) is 31.0 Å². The molecule has 0 radical (unpaired) electrons. The van der Waals surface area contributed by atoms with E-state index in [2.05, 4.69) is 14.5 Å². The lowest BCUT2D eigenvalue weighted by Gasteiger charge is -2.30. The summed E-state index contributed by atoms with van der Waals surface area (Å²) in [5.74, 6) is -0.151. The van der Waals surface area contributed by atoms with Crippen molar-refractivity contribution < 1.29 is 9.13 Å². The van der Waals surface area contributed by atoms with Crippen molar-refractivity contribution in [3.8, 4) is 0 Å². The standard InChI is InChI=1S/C19H26FN3O/c1-24-11-10-23-15-21-13-18(23)14-22-9-4-2-3-8-19(22)16-6-5-7-17(20)12-16/h5-7,12-13,15,19H,2-4,8-11,14H2,1H3. The number of aromatic nitrogens is 2. The zero-order valence-electron chi connectivity index (χ0n) is 14.3. The van der Waals surface area contributed by atoms with Crippen molar-refractivity contribution in [1.29, 1.82) is 0 Å². The van der Waals surface area contributed by atoms with Crippen molar-refractivity contribution in [2.45, 2.75) is 44.8 Å². The lowest BCUT2D eigenvalue weighted by Crippen LogP contribution is -2.29. The zero-order chi connectivity index (χ0) is 16.8. The Hall–Kier alpha value is -1.72. The van der Waals surface area contributed by atoms with Crippen LogP contribution in [0.1, 0.15) is 43.0 Å². The lowest BCUT2D eigenvalue weighted by molar-refractivity contribution is 0.174. The molecule has 1 aliphatic heterocycles. The quantitative estimate of drug-likeness (QED) is 0.807. The van der Waals surface area contributed by atoms with Crippen molar-refractivity contribution in [3.63, 3.8) is 0 Å². The van der Waals surface area contributed by atoms with E-state index < -0.39 is 0 Å². The maximum absolute atomic E-state index is 13.7. The second kappa shape index (κ2) is 8.40. The Morgan fingerprint density at radius 2 is 2.21 bits per heavy atom. The zero-order valence-corrected chi connectivity index (χ0v) is 14.3. The van der Waals surface area contributed by atoms with Crippen LogP contribution >= 0.6 is 0 Å². The molecule has 1 fully saturated rings. The number of hydrogen-bond acceptors (Lipinski definition) is 3. The van der Waals surface area contributed by atoms with Crippen molar-refractivity contribution in [1.82, 2.24) is 14.5 Å². The van der Waals surface area contributed by atoms with Gasteiger partial charge >= 0.3 is 0 Å². The van der Waals surface area contributed by atoms with Gasteiger partial charge in [-0.1, -0.05) is 25.0 Å². The summed E-state index contributed by atoms with van der Waals surface area (Å²) in [4.78, 5) is 6.77. The summed E-state index contributed by atoms with van der Waals surface area (Å²) in [5, 5.41) is 0. The number of halogens is 1. The number of imidazole rings is 1. The van der Waals surface area contributed by atoms with Gasteiger partial charge in [0, 0.05) is 32.4 Å². The van der Waals surface area contributed by atoms with Crippen LogP contribution in [0.2, 0.25) is 0 Å². The molecule has 0 aliphatic carbocycles. The van der Waals surface area contributed by atoms with E-state index in [9.17, 15) is 4.39 Å². The normalized spacial score (nSPS) is 19.3. The van der Waals surface area contributed by atoms with Gasteiger partial charge in [-0.2, -0.15) is 0 Å². The van der Waals surface area contributed by atoms with Gasteiger partial charge in [0.15, 0.2) is 0 Å². The van der Waals surface area contributed by atoms with Crippen molar-refractivity contribution >= 4 is 0 Å². The van der Waals surface area contributed by atoms with Crippen LogP contribution in [0.3, 0.4) is 0 Å². The molecule has 1 saturated heterocycles. The van der Waals surface area contributed by atoms with Crippen molar-refractivity contribution in [2.24, 2.45) is 0 Å². The predicted octanol–water partition coefficient (Wildman–Crippen LogP) is 3.79. The Labute approximate surface area is 143 Å². The molecule has 0 saturated carbocycles. The highest BCUT2D eigenvalue weighted by Crippen LogP contribution is 2.31. The fourth-order valence-electron chi connectivity index (χ4n) is 3.53. The highest BCUT2D eigenvalue weighted by molar-refractivity contribution is 5.21. The first-order valence-electron chi connectivity index (χ1n) is 8.75. The Balaban J connectivity index is 1.79. The SMILES string of the molecule is COCCn1cncc1CN1CCCCCC1c1cccc(F)c1. The summed E-state index contributed by atoms with van der Waals surface area (Å²) in [6.07, 6.45) is 8.51. The number of ether oxygens (including phenoxy) is 1. The molecule has 1 aliphatic rings. The van der Waals surface area contributed by atoms with Gasteiger partial charge < -0.3 is 9.30 Å². The largest absolute Gasteiger partial charge is 0.383 e. The van der Waals surface area contributed by atoms with Gasteiger partial charge in [0.25, 0.3) is 0 Å². The minimum atomic E-state index is -0.151. The number of methoxy groups -OCH3 is 1. The Bertz CT molecular complexity index is 643. The van der Waals surface area contributed by atoms with Crippen molar-refractivity contribution in [2.75, 3.05) is 20.3 Å². The summed E-state index contributed by atoms with van der Waals surface area (Å²) in [7, 11) is 1.71. The van der Waals surface area contributed by atoms with E-state index in [4.69, 9.17) is 4.74 Å². The summed E-state index contributed by atoms with van der Waals surface area (Å²) < 4.78 is 21.0. The van der Waals surface area contributed by atoms with E-state index in [1.54, 1.807) is 13.2 Å². The van der Waals surface area contributed by atoms with Gasteiger partial charge in [-0.3, -0.25) is 4.90 Å². The molecule has 0 bridgehead atoms. The Morgan fingerprint density at radius 1 is 1.29 bits per heavy atom. The molecule has 1 unspecified atom stereocenters. The maximum Gasteiger partial charge on any atom is 0.123 e. The van der Waals surface area contributed by atoms with Crippen LogP contribution in [0.4, 0.5) is 4.39 Å². The van der Waals surface area contributed by atoms with Crippen LogP contribution in [0, 0.1) is 5.82 Å².